The van der Waals surface area contributed by atoms with Crippen LogP contribution in [0.4, 0.5) is 0 Å². The molecule has 0 unspecified atom stereocenters. The van der Waals surface area contributed by atoms with Crippen molar-refractivity contribution in [1.29, 1.82) is 0 Å². The van der Waals surface area contributed by atoms with Gasteiger partial charge in [0.15, 0.2) is 0 Å². The van der Waals surface area contributed by atoms with Crippen LogP contribution >= 0.6 is 33.9 Å². The molecule has 0 fully saturated rings. The Hall–Kier alpha value is 0.563. The minimum atomic E-state index is 0. The van der Waals surface area contributed by atoms with Gasteiger partial charge in [-0.05, 0) is 34.7 Å². The number of benzene rings is 1. The second-order valence-corrected chi connectivity index (χ2v) is 4.55. The van der Waals surface area contributed by atoms with Gasteiger partial charge in [-0.3, -0.25) is 11.3 Å². The Morgan fingerprint density at radius 2 is 1.71 bits per heavy atom. The van der Waals surface area contributed by atoms with Crippen LogP contribution in [0.3, 0.4) is 0 Å². The fraction of sp³-hybridized carbons (Fsp3) is 0. The summed E-state index contributed by atoms with van der Waals surface area (Å²) in [6.07, 6.45) is 0. The van der Waals surface area contributed by atoms with Gasteiger partial charge in [0.05, 0.1) is 0 Å². The zero-order valence-corrected chi connectivity index (χ0v) is 14.0. The van der Waals surface area contributed by atoms with Gasteiger partial charge in [-0.25, -0.2) is 0 Å². The second-order valence-electron chi connectivity index (χ2n) is 2.42. The number of rotatable bonds is 1. The van der Waals surface area contributed by atoms with Crippen LogP contribution in [-0.2, 0) is 19.5 Å². The van der Waals surface area contributed by atoms with Crippen molar-refractivity contribution < 1.29 is 31.9 Å². The maximum absolute atomic E-state index is 3.08. The molecule has 1 aromatic carbocycles. The first-order chi connectivity index (χ1) is 5.86. The smallest absolute Gasteiger partial charge is 1.00 e. The van der Waals surface area contributed by atoms with Gasteiger partial charge < -0.3 is 12.4 Å². The molecule has 0 aliphatic rings. The van der Waals surface area contributed by atoms with Gasteiger partial charge in [0.2, 0.25) is 0 Å². The summed E-state index contributed by atoms with van der Waals surface area (Å²) in [5, 5.41) is 3.08. The molecule has 0 saturated heterocycles. The van der Waals surface area contributed by atoms with E-state index >= 15 is 0 Å². The number of thiophene rings is 1. The zero-order chi connectivity index (χ0) is 8.39. The van der Waals surface area contributed by atoms with E-state index in [-0.39, 0.29) is 31.9 Å². The van der Waals surface area contributed by atoms with Crippen LogP contribution in [0.5, 0.6) is 0 Å². The maximum Gasteiger partial charge on any atom is 2.00 e. The molecule has 2 rings (SSSR count). The Labute approximate surface area is 120 Å². The molecule has 2 aromatic rings. The van der Waals surface area contributed by atoms with Gasteiger partial charge in [0.1, 0.15) is 0 Å². The molecule has 14 heavy (non-hydrogen) atoms. The molecule has 0 amide bonds. The molecular formula is C10H6ClISZn. The van der Waals surface area contributed by atoms with Gasteiger partial charge in [-0.2, -0.15) is 12.1 Å². The average molecular weight is 386 g/mol. The van der Waals surface area contributed by atoms with Crippen LogP contribution in [-0.4, -0.2) is 0 Å². The largest absolute Gasteiger partial charge is 2.00 e. The summed E-state index contributed by atoms with van der Waals surface area (Å²) >= 11 is 3.96. The Kier molecular flexibility index (Phi) is 7.22. The quantitative estimate of drug-likeness (QED) is 0.387. The maximum atomic E-state index is 3.08. The Balaban J connectivity index is 0.000000845. The van der Waals surface area contributed by atoms with E-state index in [0.717, 1.165) is 0 Å². The topological polar surface area (TPSA) is 0 Å². The molecule has 0 atom stereocenters. The van der Waals surface area contributed by atoms with Crippen molar-refractivity contribution in [3.8, 4) is 10.4 Å². The summed E-state index contributed by atoms with van der Waals surface area (Å²) in [5.74, 6) is 0. The summed E-state index contributed by atoms with van der Waals surface area (Å²) in [4.78, 5) is 1.28. The van der Waals surface area contributed by atoms with E-state index in [9.17, 15) is 0 Å². The van der Waals surface area contributed by atoms with Crippen LogP contribution in [0, 0.1) is 8.95 Å². The first-order valence-electron chi connectivity index (χ1n) is 3.58. The summed E-state index contributed by atoms with van der Waals surface area (Å²) in [7, 11) is 0. The van der Waals surface area contributed by atoms with Crippen molar-refractivity contribution in [2.75, 3.05) is 0 Å². The van der Waals surface area contributed by atoms with Gasteiger partial charge in [0, 0.05) is 3.57 Å². The Morgan fingerprint density at radius 3 is 2.21 bits per heavy atom. The van der Waals surface area contributed by atoms with Crippen molar-refractivity contribution in [3.05, 3.63) is 45.3 Å². The molecule has 68 valence electrons. The van der Waals surface area contributed by atoms with Crippen LogP contribution in [0.25, 0.3) is 10.4 Å². The minimum absolute atomic E-state index is 0. The summed E-state index contributed by atoms with van der Waals surface area (Å²) in [5.41, 5.74) is 1.28. The molecule has 0 aliphatic heterocycles. The molecular weight excluding hydrogens is 380 g/mol. The molecule has 1 aromatic heterocycles. The van der Waals surface area contributed by atoms with E-state index in [1.54, 1.807) is 11.3 Å². The van der Waals surface area contributed by atoms with Crippen molar-refractivity contribution in [3.63, 3.8) is 0 Å². The van der Waals surface area contributed by atoms with E-state index in [4.69, 9.17) is 0 Å². The first kappa shape index (κ1) is 14.6. The van der Waals surface area contributed by atoms with Gasteiger partial charge >= 0.3 is 19.5 Å². The molecule has 0 bridgehead atoms. The fourth-order valence-corrected chi connectivity index (χ4v) is 2.02. The number of halogens is 2. The summed E-state index contributed by atoms with van der Waals surface area (Å²) in [6.45, 7) is 0. The van der Waals surface area contributed by atoms with E-state index in [1.807, 2.05) is 6.07 Å². The van der Waals surface area contributed by atoms with Crippen molar-refractivity contribution in [2.45, 2.75) is 0 Å². The number of hydrogen-bond donors (Lipinski definition) is 0. The van der Waals surface area contributed by atoms with Crippen molar-refractivity contribution in [1.82, 2.24) is 0 Å². The van der Waals surface area contributed by atoms with Gasteiger partial charge in [-0.1, -0.05) is 17.7 Å². The van der Waals surface area contributed by atoms with E-state index in [0.29, 0.717) is 0 Å². The second kappa shape index (κ2) is 6.94. The summed E-state index contributed by atoms with van der Waals surface area (Å²) < 4.78 is 1.27. The molecule has 4 heteroatoms. The van der Waals surface area contributed by atoms with Crippen LogP contribution in [0.1, 0.15) is 0 Å². The molecule has 0 spiro atoms. The van der Waals surface area contributed by atoms with E-state index < -0.39 is 0 Å². The van der Waals surface area contributed by atoms with Crippen LogP contribution in [0.2, 0.25) is 0 Å². The normalized spacial score (nSPS) is 8.64. The minimum Gasteiger partial charge on any atom is -1.00 e. The third-order valence-electron chi connectivity index (χ3n) is 1.60. The Morgan fingerprint density at radius 1 is 1.07 bits per heavy atom. The molecule has 0 nitrogen and oxygen atoms in total. The fourth-order valence-electron chi connectivity index (χ4n) is 1.01. The van der Waals surface area contributed by atoms with Gasteiger partial charge in [0.25, 0.3) is 0 Å². The van der Waals surface area contributed by atoms with Crippen LogP contribution in [0.15, 0.2) is 36.4 Å². The van der Waals surface area contributed by atoms with E-state index in [2.05, 4.69) is 58.3 Å². The Bertz CT molecular complexity index is 358. The molecule has 0 N–H and O–H groups in total. The van der Waals surface area contributed by atoms with Crippen molar-refractivity contribution >= 4 is 33.9 Å². The first-order valence-corrected chi connectivity index (χ1v) is 5.47. The predicted molar refractivity (Wildman–Crippen MR) is 61.3 cm³/mol. The molecule has 1 heterocycles. The SMILES string of the molecule is Ic1ccc(-c2cc[c-]s2)cc1.[Cl-].[Zn+2]. The average Bonchev–Trinajstić information content (AvgIpc) is 2.58. The van der Waals surface area contributed by atoms with E-state index in [1.165, 1.54) is 14.0 Å². The van der Waals surface area contributed by atoms with Crippen LogP contribution < -0.4 is 12.4 Å². The monoisotopic (exact) mass is 384 g/mol. The number of hydrogen-bond acceptors (Lipinski definition) is 1. The standard InChI is InChI=1S/C10H6IS.ClH.Zn/c11-9-5-3-8(4-6-9)10-2-1-7-12-10;;/h1-6H;1H;/q-1;;+2/p-1. The third-order valence-corrected chi connectivity index (χ3v) is 3.17. The predicted octanol–water partition coefficient (Wildman–Crippen LogP) is 0.821. The van der Waals surface area contributed by atoms with Crippen molar-refractivity contribution in [2.24, 2.45) is 0 Å². The van der Waals surface area contributed by atoms with Gasteiger partial charge in [-0.15, -0.1) is 10.3 Å². The zero-order valence-electron chi connectivity index (χ0n) is 7.34. The third kappa shape index (κ3) is 3.61. The summed E-state index contributed by atoms with van der Waals surface area (Å²) in [6, 6.07) is 12.6. The molecule has 0 aliphatic carbocycles. The molecule has 0 radical (unpaired) electrons. The molecule has 0 saturated carbocycles.